The number of nitrogens with one attached hydrogen (secondary N) is 1. The Labute approximate surface area is 126 Å². The maximum atomic E-state index is 6.04. The largest absolute Gasteiger partial charge is 0.356 e. The lowest BCUT2D eigenvalue weighted by molar-refractivity contribution is 0.577. The molecule has 4 rings (SSSR count). The molecule has 1 unspecified atom stereocenters. The normalized spacial score (nSPS) is 20.9. The number of fused-ring (bicyclic) bond motifs is 1. The quantitative estimate of drug-likeness (QED) is 0.886. The lowest BCUT2D eigenvalue weighted by atomic mass is 9.88. The predicted octanol–water partition coefficient (Wildman–Crippen LogP) is 4.12. The summed E-state index contributed by atoms with van der Waals surface area (Å²) in [5.74, 6) is 0.826. The fraction of sp³-hybridized carbons (Fsp3) is 0.368. The van der Waals surface area contributed by atoms with Gasteiger partial charge in [0.25, 0.3) is 0 Å². The molecule has 2 heteroatoms. The first-order valence-electron chi connectivity index (χ1n) is 8.02. The molecule has 0 amide bonds. The van der Waals surface area contributed by atoms with Crippen molar-refractivity contribution in [3.05, 3.63) is 59.2 Å². The summed E-state index contributed by atoms with van der Waals surface area (Å²) in [6, 6.07) is 15.9. The molecule has 0 aliphatic heterocycles. The lowest BCUT2D eigenvalue weighted by Crippen LogP contribution is -2.27. The van der Waals surface area contributed by atoms with Crippen molar-refractivity contribution in [3.63, 3.8) is 0 Å². The zero-order valence-electron chi connectivity index (χ0n) is 12.3. The summed E-state index contributed by atoms with van der Waals surface area (Å²) < 4.78 is 0. The highest BCUT2D eigenvalue weighted by Gasteiger charge is 2.22. The second kappa shape index (κ2) is 5.19. The number of rotatable bonds is 3. The maximum absolute atomic E-state index is 6.04. The minimum Gasteiger partial charge on any atom is -0.356 e. The van der Waals surface area contributed by atoms with E-state index < -0.39 is 0 Å². The van der Waals surface area contributed by atoms with Crippen LogP contribution in [-0.2, 0) is 12.8 Å². The molecule has 0 heterocycles. The molecular weight excluding hydrogens is 256 g/mol. The highest BCUT2D eigenvalue weighted by atomic mass is 14.9. The molecule has 2 aromatic carbocycles. The Hall–Kier alpha value is -1.80. The van der Waals surface area contributed by atoms with Crippen molar-refractivity contribution in [3.8, 4) is 0 Å². The van der Waals surface area contributed by atoms with Gasteiger partial charge in [-0.3, -0.25) is 0 Å². The molecular formula is C19H22N2. The van der Waals surface area contributed by atoms with Crippen molar-refractivity contribution in [1.29, 1.82) is 0 Å². The smallest absolute Gasteiger partial charge is 0.0387 e. The van der Waals surface area contributed by atoms with E-state index in [9.17, 15) is 0 Å². The van der Waals surface area contributed by atoms with E-state index in [4.69, 9.17) is 5.73 Å². The Morgan fingerprint density at radius 2 is 1.62 bits per heavy atom. The van der Waals surface area contributed by atoms with E-state index in [0.717, 1.165) is 25.2 Å². The Morgan fingerprint density at radius 3 is 2.38 bits per heavy atom. The molecule has 108 valence electrons. The monoisotopic (exact) mass is 278 g/mol. The van der Waals surface area contributed by atoms with Gasteiger partial charge in [-0.05, 0) is 79.0 Å². The van der Waals surface area contributed by atoms with Crippen LogP contribution in [0.25, 0.3) is 0 Å². The lowest BCUT2D eigenvalue weighted by Gasteiger charge is -2.22. The summed E-state index contributed by atoms with van der Waals surface area (Å²) in [6.45, 7) is 0. The van der Waals surface area contributed by atoms with E-state index in [0.29, 0.717) is 6.04 Å². The summed E-state index contributed by atoms with van der Waals surface area (Å²) in [6.07, 6.45) is 5.95. The van der Waals surface area contributed by atoms with Gasteiger partial charge in [0.15, 0.2) is 0 Å². The molecule has 1 fully saturated rings. The molecule has 0 saturated heterocycles. The summed E-state index contributed by atoms with van der Waals surface area (Å²) in [5.41, 5.74) is 12.8. The first kappa shape index (κ1) is 12.9. The van der Waals surface area contributed by atoms with E-state index >= 15 is 0 Å². The molecule has 1 atom stereocenters. The molecule has 3 N–H and O–H groups in total. The highest BCUT2D eigenvalue weighted by molar-refractivity contribution is 5.61. The Kier molecular flexibility index (Phi) is 3.19. The van der Waals surface area contributed by atoms with Crippen LogP contribution in [-0.4, -0.2) is 6.04 Å². The highest BCUT2D eigenvalue weighted by Crippen LogP contribution is 2.40. The van der Waals surface area contributed by atoms with Crippen LogP contribution >= 0.6 is 0 Å². The first-order chi connectivity index (χ1) is 10.3. The molecule has 1 saturated carbocycles. The van der Waals surface area contributed by atoms with Crippen LogP contribution in [0.2, 0.25) is 0 Å². The van der Waals surface area contributed by atoms with Crippen LogP contribution in [0.5, 0.6) is 0 Å². The van der Waals surface area contributed by atoms with Crippen LogP contribution in [0.15, 0.2) is 42.5 Å². The topological polar surface area (TPSA) is 38.0 Å². The molecule has 0 aromatic heterocycles. The van der Waals surface area contributed by atoms with Crippen LogP contribution in [0.1, 0.15) is 41.9 Å². The molecule has 0 bridgehead atoms. The van der Waals surface area contributed by atoms with Crippen molar-refractivity contribution >= 4 is 11.4 Å². The summed E-state index contributed by atoms with van der Waals surface area (Å²) >= 11 is 0. The Morgan fingerprint density at radius 1 is 0.857 bits per heavy atom. The van der Waals surface area contributed by atoms with Gasteiger partial charge in [0.2, 0.25) is 0 Å². The summed E-state index contributed by atoms with van der Waals surface area (Å²) in [4.78, 5) is 0. The minimum atomic E-state index is 0.339. The number of aryl methyl sites for hydroxylation is 1. The Bertz CT molecular complexity index is 641. The van der Waals surface area contributed by atoms with E-state index in [1.54, 1.807) is 0 Å². The average Bonchev–Trinajstić information content (AvgIpc) is 3.33. The van der Waals surface area contributed by atoms with Gasteiger partial charge in [0, 0.05) is 17.4 Å². The van der Waals surface area contributed by atoms with Gasteiger partial charge in [-0.1, -0.05) is 18.2 Å². The molecule has 21 heavy (non-hydrogen) atoms. The van der Waals surface area contributed by atoms with Crippen molar-refractivity contribution in [1.82, 2.24) is 0 Å². The van der Waals surface area contributed by atoms with E-state index in [2.05, 4.69) is 47.8 Å². The van der Waals surface area contributed by atoms with Crippen molar-refractivity contribution in [2.75, 3.05) is 5.32 Å². The third-order valence-electron chi connectivity index (χ3n) is 4.72. The third-order valence-corrected chi connectivity index (χ3v) is 4.72. The standard InChI is InChI=1S/C19H22N2/c20-17-7-3-16-12-19(10-6-15(16)11-17)21-18-8-4-14(5-9-18)13-1-2-13/h4-6,8-10,12-13,17,21H,1-3,7,11,20H2. The van der Waals surface area contributed by atoms with Gasteiger partial charge in [-0.25, -0.2) is 0 Å². The van der Waals surface area contributed by atoms with Crippen molar-refractivity contribution in [2.45, 2.75) is 44.1 Å². The second-order valence-electron chi connectivity index (χ2n) is 6.51. The first-order valence-corrected chi connectivity index (χ1v) is 8.02. The Balaban J connectivity index is 1.51. The number of hydrogen-bond acceptors (Lipinski definition) is 2. The van der Waals surface area contributed by atoms with Gasteiger partial charge in [0.05, 0.1) is 0 Å². The molecule has 0 spiro atoms. The summed E-state index contributed by atoms with van der Waals surface area (Å²) in [5, 5.41) is 3.52. The fourth-order valence-corrected chi connectivity index (χ4v) is 3.28. The molecule has 2 aliphatic carbocycles. The van der Waals surface area contributed by atoms with E-state index in [1.165, 1.54) is 40.9 Å². The van der Waals surface area contributed by atoms with Crippen LogP contribution in [0, 0.1) is 0 Å². The van der Waals surface area contributed by atoms with Crippen LogP contribution in [0.4, 0.5) is 11.4 Å². The number of benzene rings is 2. The van der Waals surface area contributed by atoms with Gasteiger partial charge in [-0.15, -0.1) is 0 Å². The number of hydrogen-bond donors (Lipinski definition) is 2. The average molecular weight is 278 g/mol. The zero-order valence-corrected chi connectivity index (χ0v) is 12.3. The van der Waals surface area contributed by atoms with Gasteiger partial charge in [-0.2, -0.15) is 0 Å². The van der Waals surface area contributed by atoms with E-state index in [1.807, 2.05) is 0 Å². The van der Waals surface area contributed by atoms with Crippen molar-refractivity contribution in [2.24, 2.45) is 5.73 Å². The fourth-order valence-electron chi connectivity index (χ4n) is 3.28. The minimum absolute atomic E-state index is 0.339. The second-order valence-corrected chi connectivity index (χ2v) is 6.51. The number of anilines is 2. The van der Waals surface area contributed by atoms with Crippen LogP contribution < -0.4 is 11.1 Å². The van der Waals surface area contributed by atoms with Gasteiger partial charge in [0.1, 0.15) is 0 Å². The molecule has 2 aromatic rings. The zero-order chi connectivity index (χ0) is 14.2. The van der Waals surface area contributed by atoms with E-state index in [-0.39, 0.29) is 0 Å². The third kappa shape index (κ3) is 2.81. The maximum Gasteiger partial charge on any atom is 0.0387 e. The molecule has 2 nitrogen and oxygen atoms in total. The molecule has 0 radical (unpaired) electrons. The van der Waals surface area contributed by atoms with Crippen LogP contribution in [0.3, 0.4) is 0 Å². The number of nitrogens with two attached hydrogens (primary N) is 1. The van der Waals surface area contributed by atoms with Crippen molar-refractivity contribution < 1.29 is 0 Å². The molecule has 2 aliphatic rings. The predicted molar refractivity (Wildman–Crippen MR) is 88.1 cm³/mol. The van der Waals surface area contributed by atoms with Gasteiger partial charge >= 0.3 is 0 Å². The summed E-state index contributed by atoms with van der Waals surface area (Å²) in [7, 11) is 0. The SMILES string of the molecule is NC1CCc2cc(Nc3ccc(C4CC4)cc3)ccc2C1. The van der Waals surface area contributed by atoms with Gasteiger partial charge < -0.3 is 11.1 Å².